The molecule has 7 nitrogen and oxygen atoms in total. The third-order valence-corrected chi connectivity index (χ3v) is 6.05. The Hall–Kier alpha value is -2.71. The zero-order valence-electron chi connectivity index (χ0n) is 15.5. The Morgan fingerprint density at radius 3 is 2.75 bits per heavy atom. The largest absolute Gasteiger partial charge is 0.465 e. The van der Waals surface area contributed by atoms with E-state index < -0.39 is 5.97 Å². The number of ether oxygens (including phenoxy) is 2. The van der Waals surface area contributed by atoms with Gasteiger partial charge in [0, 0.05) is 25.6 Å². The van der Waals surface area contributed by atoms with Crippen molar-refractivity contribution in [3.05, 3.63) is 48.3 Å². The molecule has 1 amide bonds. The summed E-state index contributed by atoms with van der Waals surface area (Å²) < 4.78 is 13.2. The average molecular weight is 399 g/mol. The van der Waals surface area contributed by atoms with Gasteiger partial charge in [-0.25, -0.2) is 9.78 Å². The first-order chi connectivity index (χ1) is 13.6. The monoisotopic (exact) mass is 399 g/mol. The number of esters is 1. The smallest absolute Gasteiger partial charge is 0.337 e. The van der Waals surface area contributed by atoms with Gasteiger partial charge in [-0.2, -0.15) is 0 Å². The minimum atomic E-state index is -0.394. The third kappa shape index (κ3) is 3.65. The van der Waals surface area contributed by atoms with Crippen LogP contribution >= 0.6 is 11.3 Å². The zero-order valence-corrected chi connectivity index (χ0v) is 16.3. The second kappa shape index (κ2) is 7.73. The summed E-state index contributed by atoms with van der Waals surface area (Å²) >= 11 is 1.34. The van der Waals surface area contributed by atoms with Crippen LogP contribution in [0.4, 0.5) is 5.13 Å². The van der Waals surface area contributed by atoms with Crippen LogP contribution in [0, 0.1) is 0 Å². The maximum Gasteiger partial charge on any atom is 0.337 e. The van der Waals surface area contributed by atoms with Crippen LogP contribution < -0.4 is 5.32 Å². The van der Waals surface area contributed by atoms with Crippen molar-refractivity contribution in [1.82, 2.24) is 9.55 Å². The summed E-state index contributed by atoms with van der Waals surface area (Å²) in [6.45, 7) is 1.28. The standard InChI is InChI=1S/C20H21N3O4S/c1-26-18(25)14-4-5-15-16(12-14)28-19(21-15)22-17(24)13-20(6-10-27-11-7-20)23-8-2-3-9-23/h2-5,8-9,12H,6-7,10-11,13H2,1H3,(H,21,22,24). The van der Waals surface area contributed by atoms with Crippen LogP contribution in [0.3, 0.4) is 0 Å². The number of fused-ring (bicyclic) bond motifs is 1. The summed E-state index contributed by atoms with van der Waals surface area (Å²) in [4.78, 5) is 29.0. The number of hydrogen-bond donors (Lipinski definition) is 1. The minimum Gasteiger partial charge on any atom is -0.465 e. The predicted octanol–water partition coefficient (Wildman–Crippen LogP) is 3.42. The lowest BCUT2D eigenvalue weighted by Crippen LogP contribution is -2.42. The molecule has 4 rings (SSSR count). The molecule has 0 atom stereocenters. The van der Waals surface area contributed by atoms with Crippen LogP contribution in [-0.4, -0.2) is 41.8 Å². The molecule has 0 spiro atoms. The molecule has 1 aliphatic heterocycles. The molecular formula is C20H21N3O4S. The van der Waals surface area contributed by atoms with Crippen molar-refractivity contribution in [3.8, 4) is 0 Å². The van der Waals surface area contributed by atoms with E-state index in [4.69, 9.17) is 9.47 Å². The topological polar surface area (TPSA) is 82.5 Å². The first-order valence-electron chi connectivity index (χ1n) is 9.10. The van der Waals surface area contributed by atoms with E-state index in [1.54, 1.807) is 18.2 Å². The van der Waals surface area contributed by atoms with Crippen molar-refractivity contribution in [2.24, 2.45) is 0 Å². The van der Waals surface area contributed by atoms with Crippen LogP contribution in [0.2, 0.25) is 0 Å². The van der Waals surface area contributed by atoms with Crippen LogP contribution in [-0.2, 0) is 19.8 Å². The minimum absolute atomic E-state index is 0.0807. The van der Waals surface area contributed by atoms with Crippen molar-refractivity contribution < 1.29 is 19.1 Å². The molecule has 1 aliphatic rings. The Kier molecular flexibility index (Phi) is 5.15. The number of aromatic nitrogens is 2. The van der Waals surface area contributed by atoms with Gasteiger partial charge in [-0.05, 0) is 43.2 Å². The third-order valence-electron chi connectivity index (χ3n) is 5.12. The molecule has 0 saturated carbocycles. The molecule has 2 aromatic heterocycles. The highest BCUT2D eigenvalue weighted by molar-refractivity contribution is 7.22. The van der Waals surface area contributed by atoms with Gasteiger partial charge in [-0.1, -0.05) is 11.3 Å². The fourth-order valence-electron chi connectivity index (χ4n) is 3.61. The molecule has 0 aliphatic carbocycles. The normalized spacial score (nSPS) is 16.0. The van der Waals surface area contributed by atoms with Crippen LogP contribution in [0.15, 0.2) is 42.7 Å². The van der Waals surface area contributed by atoms with E-state index >= 15 is 0 Å². The Balaban J connectivity index is 1.52. The van der Waals surface area contributed by atoms with Crippen LogP contribution in [0.5, 0.6) is 0 Å². The fraction of sp³-hybridized carbons (Fsp3) is 0.350. The molecule has 146 valence electrons. The Morgan fingerprint density at radius 1 is 1.29 bits per heavy atom. The molecule has 1 aromatic carbocycles. The summed E-state index contributed by atoms with van der Waals surface area (Å²) in [5, 5.41) is 3.45. The van der Waals surface area contributed by atoms with Crippen molar-refractivity contribution in [2.45, 2.75) is 24.8 Å². The van der Waals surface area contributed by atoms with Gasteiger partial charge in [-0.3, -0.25) is 4.79 Å². The molecule has 0 radical (unpaired) electrons. The van der Waals surface area contributed by atoms with Crippen molar-refractivity contribution in [1.29, 1.82) is 0 Å². The number of methoxy groups -OCH3 is 1. The molecule has 1 N–H and O–H groups in total. The summed E-state index contributed by atoms with van der Waals surface area (Å²) in [5.74, 6) is -0.475. The molecule has 1 saturated heterocycles. The van der Waals surface area contributed by atoms with Crippen molar-refractivity contribution in [2.75, 3.05) is 25.6 Å². The number of hydrogen-bond acceptors (Lipinski definition) is 6. The van der Waals surface area contributed by atoms with Crippen molar-refractivity contribution >= 4 is 38.6 Å². The quantitative estimate of drug-likeness (QED) is 0.665. The molecule has 8 heteroatoms. The van der Waals surface area contributed by atoms with E-state index in [9.17, 15) is 9.59 Å². The van der Waals surface area contributed by atoms with Gasteiger partial charge in [0.25, 0.3) is 0 Å². The lowest BCUT2D eigenvalue weighted by Gasteiger charge is -2.38. The first kappa shape index (κ1) is 18.6. The molecule has 3 heterocycles. The lowest BCUT2D eigenvalue weighted by atomic mass is 9.86. The maximum absolute atomic E-state index is 12.8. The van der Waals surface area contributed by atoms with Gasteiger partial charge in [0.2, 0.25) is 5.91 Å². The van der Waals surface area contributed by atoms with Crippen molar-refractivity contribution in [3.63, 3.8) is 0 Å². The summed E-state index contributed by atoms with van der Waals surface area (Å²) in [5.41, 5.74) is 0.921. The van der Waals surface area contributed by atoms with E-state index in [1.165, 1.54) is 18.4 Å². The lowest BCUT2D eigenvalue weighted by molar-refractivity contribution is -0.119. The Bertz CT molecular complexity index is 990. The zero-order chi connectivity index (χ0) is 19.6. The molecule has 0 bridgehead atoms. The van der Waals surface area contributed by atoms with Gasteiger partial charge in [0.15, 0.2) is 5.13 Å². The number of carbonyl (C=O) groups is 2. The van der Waals surface area contributed by atoms with E-state index in [-0.39, 0.29) is 11.4 Å². The van der Waals surface area contributed by atoms with Gasteiger partial charge in [0.1, 0.15) is 0 Å². The SMILES string of the molecule is COC(=O)c1ccc2nc(NC(=O)CC3(n4cccc4)CCOCC3)sc2c1. The number of anilines is 1. The maximum atomic E-state index is 12.8. The van der Waals surface area contributed by atoms with Crippen LogP contribution in [0.25, 0.3) is 10.2 Å². The molecule has 3 aromatic rings. The Morgan fingerprint density at radius 2 is 2.04 bits per heavy atom. The first-order valence-corrected chi connectivity index (χ1v) is 9.91. The fourth-order valence-corrected chi connectivity index (χ4v) is 4.53. The molecule has 1 fully saturated rings. The number of thiazole rings is 1. The molecule has 0 unspecified atom stereocenters. The molecular weight excluding hydrogens is 378 g/mol. The summed E-state index contributed by atoms with van der Waals surface area (Å²) in [6, 6.07) is 9.10. The number of nitrogens with one attached hydrogen (secondary N) is 1. The van der Waals surface area contributed by atoms with Crippen LogP contribution in [0.1, 0.15) is 29.6 Å². The predicted molar refractivity (Wildman–Crippen MR) is 107 cm³/mol. The second-order valence-corrected chi connectivity index (χ2v) is 7.88. The van der Waals surface area contributed by atoms with E-state index in [1.807, 2.05) is 24.5 Å². The highest BCUT2D eigenvalue weighted by Gasteiger charge is 2.36. The Labute approximate surface area is 166 Å². The number of carbonyl (C=O) groups excluding carboxylic acids is 2. The number of nitrogens with zero attached hydrogens (tertiary/aromatic N) is 2. The van der Waals surface area contributed by atoms with E-state index in [0.29, 0.717) is 30.3 Å². The van der Waals surface area contributed by atoms with Gasteiger partial charge < -0.3 is 19.4 Å². The number of amides is 1. The van der Waals surface area contributed by atoms with Gasteiger partial charge in [0.05, 0.1) is 34.8 Å². The van der Waals surface area contributed by atoms with Gasteiger partial charge in [-0.15, -0.1) is 0 Å². The summed E-state index contributed by atoms with van der Waals surface area (Å²) in [6.07, 6.45) is 5.94. The average Bonchev–Trinajstić information content (AvgIpc) is 3.37. The highest BCUT2D eigenvalue weighted by Crippen LogP contribution is 2.34. The molecule has 28 heavy (non-hydrogen) atoms. The van der Waals surface area contributed by atoms with E-state index in [2.05, 4.69) is 14.9 Å². The highest BCUT2D eigenvalue weighted by atomic mass is 32.1. The summed E-state index contributed by atoms with van der Waals surface area (Å²) in [7, 11) is 1.35. The second-order valence-electron chi connectivity index (χ2n) is 6.85. The van der Waals surface area contributed by atoms with E-state index in [0.717, 1.165) is 23.1 Å². The number of benzene rings is 1. The van der Waals surface area contributed by atoms with Gasteiger partial charge >= 0.3 is 5.97 Å². The number of rotatable bonds is 5.